The minimum Gasteiger partial charge on any atom is -0.458 e. The van der Waals surface area contributed by atoms with E-state index in [9.17, 15) is 18.4 Å². The molecular formula is C26H26F2N6O3. The van der Waals surface area contributed by atoms with Gasteiger partial charge >= 0.3 is 0 Å². The second-order valence-electron chi connectivity index (χ2n) is 9.49. The lowest BCUT2D eigenvalue weighted by Gasteiger charge is -2.33. The normalized spacial score (nSPS) is 12.3. The molecule has 0 radical (unpaired) electrons. The summed E-state index contributed by atoms with van der Waals surface area (Å²) in [5.41, 5.74) is -0.0120. The highest BCUT2D eigenvalue weighted by Crippen LogP contribution is 2.29. The Labute approximate surface area is 212 Å². The molecule has 0 aliphatic carbocycles. The van der Waals surface area contributed by atoms with Crippen molar-refractivity contribution in [1.82, 2.24) is 25.5 Å². The summed E-state index contributed by atoms with van der Waals surface area (Å²) >= 11 is 0. The van der Waals surface area contributed by atoms with Gasteiger partial charge in [0.1, 0.15) is 30.0 Å². The van der Waals surface area contributed by atoms with Crippen LogP contribution < -0.4 is 10.2 Å². The number of nitrogens with one attached hydrogen (secondary N) is 1. The van der Waals surface area contributed by atoms with Crippen LogP contribution in [0.15, 0.2) is 65.1 Å². The number of hydrogen-bond donors (Lipinski definition) is 1. The number of halogens is 2. The van der Waals surface area contributed by atoms with E-state index in [4.69, 9.17) is 4.42 Å². The highest BCUT2D eigenvalue weighted by molar-refractivity contribution is 6.01. The molecule has 0 bridgehead atoms. The van der Waals surface area contributed by atoms with Gasteiger partial charge in [-0.05, 0) is 87.0 Å². The molecule has 11 heteroatoms. The van der Waals surface area contributed by atoms with Gasteiger partial charge in [0, 0.05) is 11.2 Å². The Balaban J connectivity index is 1.74. The summed E-state index contributed by atoms with van der Waals surface area (Å²) in [6.07, 6.45) is 0. The van der Waals surface area contributed by atoms with Crippen LogP contribution in [0.4, 0.5) is 14.5 Å². The molecule has 2 aromatic heterocycles. The van der Waals surface area contributed by atoms with E-state index in [0.717, 1.165) is 4.80 Å². The fourth-order valence-electron chi connectivity index (χ4n) is 3.70. The maximum atomic E-state index is 13.7. The van der Waals surface area contributed by atoms with E-state index in [1.807, 2.05) is 0 Å². The zero-order valence-electron chi connectivity index (χ0n) is 20.8. The van der Waals surface area contributed by atoms with Crippen LogP contribution in [-0.4, -0.2) is 37.6 Å². The Morgan fingerprint density at radius 3 is 2.19 bits per heavy atom. The van der Waals surface area contributed by atoms with Crippen molar-refractivity contribution >= 4 is 17.5 Å². The molecule has 37 heavy (non-hydrogen) atoms. The van der Waals surface area contributed by atoms with Crippen LogP contribution >= 0.6 is 0 Å². The lowest BCUT2D eigenvalue weighted by molar-refractivity contribution is -0.128. The van der Waals surface area contributed by atoms with E-state index in [1.54, 1.807) is 39.8 Å². The predicted molar refractivity (Wildman–Crippen MR) is 131 cm³/mol. The van der Waals surface area contributed by atoms with Crippen molar-refractivity contribution in [1.29, 1.82) is 0 Å². The number of benzene rings is 2. The monoisotopic (exact) mass is 508 g/mol. The average molecular weight is 509 g/mol. The molecule has 0 spiro atoms. The lowest BCUT2D eigenvalue weighted by atomic mass is 10.0. The summed E-state index contributed by atoms with van der Waals surface area (Å²) in [5.74, 6) is -0.845. The zero-order chi connectivity index (χ0) is 26.7. The summed E-state index contributed by atoms with van der Waals surface area (Å²) in [4.78, 5) is 29.6. The van der Waals surface area contributed by atoms with Gasteiger partial charge < -0.3 is 9.73 Å². The number of anilines is 1. The number of amides is 2. The van der Waals surface area contributed by atoms with Crippen LogP contribution in [-0.2, 0) is 16.1 Å². The van der Waals surface area contributed by atoms with Crippen LogP contribution in [0.2, 0.25) is 0 Å². The van der Waals surface area contributed by atoms with E-state index >= 15 is 0 Å². The number of hydrogen-bond acceptors (Lipinski definition) is 6. The van der Waals surface area contributed by atoms with Gasteiger partial charge in [-0.1, -0.05) is 12.1 Å². The molecule has 0 saturated carbocycles. The first-order chi connectivity index (χ1) is 17.5. The largest absolute Gasteiger partial charge is 0.458 e. The van der Waals surface area contributed by atoms with Gasteiger partial charge in [-0.2, -0.15) is 4.80 Å². The Kier molecular flexibility index (Phi) is 7.14. The van der Waals surface area contributed by atoms with Crippen molar-refractivity contribution in [3.8, 4) is 11.6 Å². The van der Waals surface area contributed by atoms with Crippen LogP contribution in [0.5, 0.6) is 0 Å². The standard InChI is InChI=1S/C26H26F2N6O3/c1-16-5-14-21(37-16)24-30-32-33(31-24)15-22(35)34(20-12-10-19(28)11-13-20)23(25(36)29-26(2,3)4)17-6-8-18(27)9-7-17/h5-14,23H,15H2,1-4H3,(H,29,36)/t23-/m0/s1. The molecule has 2 heterocycles. The first kappa shape index (κ1) is 25.7. The third kappa shape index (κ3) is 6.24. The Morgan fingerprint density at radius 2 is 1.62 bits per heavy atom. The molecule has 0 aliphatic rings. The van der Waals surface area contributed by atoms with E-state index in [-0.39, 0.29) is 18.1 Å². The van der Waals surface area contributed by atoms with Gasteiger partial charge in [0.15, 0.2) is 5.76 Å². The molecule has 0 saturated heterocycles. The summed E-state index contributed by atoms with van der Waals surface area (Å²) in [6, 6.07) is 12.6. The van der Waals surface area contributed by atoms with Crippen LogP contribution in [0, 0.1) is 18.6 Å². The molecule has 2 amide bonds. The molecule has 1 N–H and O–H groups in total. The molecule has 0 aliphatic heterocycles. The molecule has 4 rings (SSSR count). The molecule has 4 aromatic rings. The number of aromatic nitrogens is 4. The van der Waals surface area contributed by atoms with Crippen molar-refractivity contribution in [2.24, 2.45) is 0 Å². The summed E-state index contributed by atoms with van der Waals surface area (Å²) in [7, 11) is 0. The number of furan rings is 1. The molecule has 1 atom stereocenters. The van der Waals surface area contributed by atoms with Crippen molar-refractivity contribution in [3.05, 3.63) is 83.6 Å². The van der Waals surface area contributed by atoms with Gasteiger partial charge in [-0.3, -0.25) is 14.5 Å². The predicted octanol–water partition coefficient (Wildman–Crippen LogP) is 4.21. The van der Waals surface area contributed by atoms with E-state index in [1.165, 1.54) is 53.4 Å². The molecule has 0 fully saturated rings. The molecule has 192 valence electrons. The van der Waals surface area contributed by atoms with E-state index in [2.05, 4.69) is 20.7 Å². The number of tetrazole rings is 1. The van der Waals surface area contributed by atoms with Crippen LogP contribution in [0.25, 0.3) is 11.6 Å². The number of nitrogens with zero attached hydrogens (tertiary/aromatic N) is 5. The van der Waals surface area contributed by atoms with Gasteiger partial charge in [0.25, 0.3) is 5.91 Å². The van der Waals surface area contributed by atoms with Gasteiger partial charge in [-0.15, -0.1) is 10.2 Å². The van der Waals surface area contributed by atoms with Crippen molar-refractivity contribution in [3.63, 3.8) is 0 Å². The average Bonchev–Trinajstić information content (AvgIpc) is 3.46. The van der Waals surface area contributed by atoms with E-state index in [0.29, 0.717) is 17.1 Å². The maximum Gasteiger partial charge on any atom is 0.251 e. The van der Waals surface area contributed by atoms with Crippen LogP contribution in [0.1, 0.15) is 38.1 Å². The number of rotatable bonds is 7. The fourth-order valence-corrected chi connectivity index (χ4v) is 3.70. The first-order valence-corrected chi connectivity index (χ1v) is 11.5. The zero-order valence-corrected chi connectivity index (χ0v) is 20.8. The molecular weight excluding hydrogens is 482 g/mol. The minimum atomic E-state index is -1.20. The Bertz CT molecular complexity index is 1390. The van der Waals surface area contributed by atoms with E-state index < -0.39 is 35.0 Å². The third-order valence-corrected chi connectivity index (χ3v) is 5.25. The highest BCUT2D eigenvalue weighted by atomic mass is 19.1. The quantitative estimate of drug-likeness (QED) is 0.401. The third-order valence-electron chi connectivity index (χ3n) is 5.25. The molecule has 2 aromatic carbocycles. The summed E-state index contributed by atoms with van der Waals surface area (Å²) in [5, 5.41) is 15.0. The molecule has 0 unspecified atom stereocenters. The summed E-state index contributed by atoms with van der Waals surface area (Å²) < 4.78 is 33.0. The first-order valence-electron chi connectivity index (χ1n) is 11.5. The molecule has 9 nitrogen and oxygen atoms in total. The van der Waals surface area contributed by atoms with Crippen molar-refractivity contribution in [2.45, 2.75) is 45.8 Å². The van der Waals surface area contributed by atoms with Crippen LogP contribution in [0.3, 0.4) is 0 Å². The van der Waals surface area contributed by atoms with Crippen molar-refractivity contribution in [2.75, 3.05) is 4.90 Å². The summed E-state index contributed by atoms with van der Waals surface area (Å²) in [6.45, 7) is 6.79. The number of carbonyl (C=O) groups excluding carboxylic acids is 2. The Morgan fingerprint density at radius 1 is 1.00 bits per heavy atom. The number of carbonyl (C=O) groups is 2. The fraction of sp³-hybridized carbons (Fsp3) is 0.269. The SMILES string of the molecule is Cc1ccc(-c2nnn(CC(=O)N(c3ccc(F)cc3)[C@H](C(=O)NC(C)(C)C)c3ccc(F)cc3)n2)o1. The smallest absolute Gasteiger partial charge is 0.251 e. The second-order valence-corrected chi connectivity index (χ2v) is 9.49. The van der Waals surface area contributed by atoms with Gasteiger partial charge in [-0.25, -0.2) is 8.78 Å². The minimum absolute atomic E-state index is 0.190. The lowest BCUT2D eigenvalue weighted by Crippen LogP contribution is -2.50. The number of aryl methyl sites for hydroxylation is 1. The van der Waals surface area contributed by atoms with Crippen molar-refractivity contribution < 1.29 is 22.8 Å². The Hall–Kier alpha value is -4.41. The van der Waals surface area contributed by atoms with Gasteiger partial charge in [0.2, 0.25) is 11.7 Å². The van der Waals surface area contributed by atoms with Gasteiger partial charge in [0.05, 0.1) is 0 Å². The topological polar surface area (TPSA) is 106 Å². The maximum absolute atomic E-state index is 13.7. The highest BCUT2D eigenvalue weighted by Gasteiger charge is 2.35. The second kappa shape index (κ2) is 10.3.